The lowest BCUT2D eigenvalue weighted by Gasteiger charge is -2.47. The number of esters is 2. The molecule has 4 rings (SSSR count). The molecular weight excluding hydrogens is 624 g/mol. The van der Waals surface area contributed by atoms with Crippen LogP contribution < -0.4 is 0 Å². The number of carbonyl (C=O) groups is 2. The molecule has 12 nitrogen and oxygen atoms in total. The summed E-state index contributed by atoms with van der Waals surface area (Å²) in [6.07, 6.45) is -2.92. The minimum absolute atomic E-state index is 0.0272. The summed E-state index contributed by atoms with van der Waals surface area (Å²) in [5.41, 5.74) is -0.0756. The summed E-state index contributed by atoms with van der Waals surface area (Å²) in [6.45, 7) is 16.1. The molecule has 0 amide bonds. The SMILES string of the molecule is C=CC(C)(C)OC[C@@H]1O[C@H](O[C@H]2C3=C[C@H]([C@H](C)COC(C)=O)[C@@H](O)[C@]3(C)/C=C3/[C@@H](COC)CC[C@H]3[C@H](C)[C@H]2O)[C@@H](OC(C)=O)[C@H](O)[C@H]1O. The number of rotatable bonds is 12. The molecule has 0 bridgehead atoms. The molecule has 2 fully saturated rings. The number of aliphatic hydroxyl groups is 4. The highest BCUT2D eigenvalue weighted by Crippen LogP contribution is 2.55. The number of methoxy groups -OCH3 is 1. The number of ether oxygens (including phenoxy) is 6. The highest BCUT2D eigenvalue weighted by atomic mass is 16.7. The topological polar surface area (TPSA) is 170 Å². The molecule has 4 N–H and O–H groups in total. The monoisotopic (exact) mass is 680 g/mol. The lowest BCUT2D eigenvalue weighted by Crippen LogP contribution is -2.62. The quantitative estimate of drug-likeness (QED) is 0.176. The smallest absolute Gasteiger partial charge is 0.303 e. The molecule has 14 atom stereocenters. The van der Waals surface area contributed by atoms with Gasteiger partial charge in [-0.3, -0.25) is 9.59 Å². The van der Waals surface area contributed by atoms with E-state index >= 15 is 0 Å². The second kappa shape index (κ2) is 15.4. The molecule has 1 aliphatic heterocycles. The van der Waals surface area contributed by atoms with Crippen molar-refractivity contribution in [1.82, 2.24) is 0 Å². The minimum atomic E-state index is -1.60. The second-order valence-corrected chi connectivity index (χ2v) is 14.8. The highest BCUT2D eigenvalue weighted by Gasteiger charge is 2.56. The Morgan fingerprint density at radius 1 is 1.10 bits per heavy atom. The first-order valence-electron chi connectivity index (χ1n) is 17.0. The van der Waals surface area contributed by atoms with Crippen LogP contribution in [0.15, 0.2) is 36.0 Å². The first-order chi connectivity index (χ1) is 22.4. The number of carbonyl (C=O) groups excluding carboxylic acids is 2. The van der Waals surface area contributed by atoms with Crippen LogP contribution in [0.4, 0.5) is 0 Å². The van der Waals surface area contributed by atoms with Crippen molar-refractivity contribution in [1.29, 1.82) is 0 Å². The van der Waals surface area contributed by atoms with Crippen LogP contribution in [0.3, 0.4) is 0 Å². The van der Waals surface area contributed by atoms with Crippen molar-refractivity contribution in [3.8, 4) is 0 Å². The van der Waals surface area contributed by atoms with E-state index in [1.165, 1.54) is 13.8 Å². The number of hydrogen-bond donors (Lipinski definition) is 4. The molecule has 1 heterocycles. The van der Waals surface area contributed by atoms with Crippen LogP contribution >= 0.6 is 0 Å². The van der Waals surface area contributed by atoms with Gasteiger partial charge in [0.15, 0.2) is 12.4 Å². The maximum atomic E-state index is 12.2. The highest BCUT2D eigenvalue weighted by molar-refractivity contribution is 5.66. The van der Waals surface area contributed by atoms with E-state index in [9.17, 15) is 30.0 Å². The fourth-order valence-electron chi connectivity index (χ4n) is 7.81. The van der Waals surface area contributed by atoms with E-state index < -0.39 is 77.9 Å². The van der Waals surface area contributed by atoms with Gasteiger partial charge in [-0.2, -0.15) is 0 Å². The van der Waals surface area contributed by atoms with Crippen LogP contribution in [0.5, 0.6) is 0 Å². The Hall–Kier alpha value is -2.16. The van der Waals surface area contributed by atoms with Crippen LogP contribution in [-0.4, -0.2) is 114 Å². The van der Waals surface area contributed by atoms with E-state index in [1.54, 1.807) is 27.0 Å². The lowest BCUT2D eigenvalue weighted by molar-refractivity contribution is -0.321. The number of hydrogen-bond acceptors (Lipinski definition) is 12. The molecule has 0 aromatic carbocycles. The molecule has 48 heavy (non-hydrogen) atoms. The fourth-order valence-corrected chi connectivity index (χ4v) is 7.81. The van der Waals surface area contributed by atoms with Gasteiger partial charge in [0, 0.05) is 38.2 Å². The zero-order chi connectivity index (χ0) is 35.7. The van der Waals surface area contributed by atoms with Crippen molar-refractivity contribution in [2.24, 2.45) is 35.0 Å². The average Bonchev–Trinajstić information content (AvgIpc) is 3.53. The molecule has 12 heteroatoms. The van der Waals surface area contributed by atoms with Gasteiger partial charge < -0.3 is 48.8 Å². The third-order valence-corrected chi connectivity index (χ3v) is 10.9. The zero-order valence-corrected chi connectivity index (χ0v) is 29.5. The Kier molecular flexibility index (Phi) is 12.4. The van der Waals surface area contributed by atoms with Crippen molar-refractivity contribution in [3.05, 3.63) is 36.0 Å². The standard InChI is InChI=1S/C36H56O12/c1-10-35(6,7)45-17-27-29(40)30(41)32(46-21(5)38)34(47-27)48-31-26-13-24(18(2)15-44-20(4)37)33(42)36(26,8)14-25-22(16-43-9)11-12-23(25)19(3)28(31)39/h10,13-14,18-19,22-24,27-34,39-42H,1,11-12,15-17H2,2-9H3/b25-14-/t18-,19+,22-,23+,24-,27+,28-,29+,30-,31+,32+,33-,34-,36-/m1/s1. The van der Waals surface area contributed by atoms with Gasteiger partial charge in [-0.15, -0.1) is 6.58 Å². The van der Waals surface area contributed by atoms with Gasteiger partial charge in [0.1, 0.15) is 24.4 Å². The van der Waals surface area contributed by atoms with Crippen molar-refractivity contribution in [2.75, 3.05) is 26.9 Å². The summed E-state index contributed by atoms with van der Waals surface area (Å²) in [4.78, 5) is 23.8. The van der Waals surface area contributed by atoms with Crippen LogP contribution in [-0.2, 0) is 38.0 Å². The first-order valence-corrected chi connectivity index (χ1v) is 17.0. The molecule has 272 valence electrons. The molecule has 0 spiro atoms. The van der Waals surface area contributed by atoms with Gasteiger partial charge in [-0.05, 0) is 56.9 Å². The summed E-state index contributed by atoms with van der Waals surface area (Å²) in [6, 6.07) is 0. The van der Waals surface area contributed by atoms with Crippen molar-refractivity contribution >= 4 is 11.9 Å². The van der Waals surface area contributed by atoms with Gasteiger partial charge in [0.05, 0.1) is 37.6 Å². The maximum absolute atomic E-state index is 12.2. The summed E-state index contributed by atoms with van der Waals surface area (Å²) in [5.74, 6) is -2.12. The van der Waals surface area contributed by atoms with E-state index in [2.05, 4.69) is 12.7 Å². The summed E-state index contributed by atoms with van der Waals surface area (Å²) in [5, 5.41) is 46.5. The molecule has 3 aliphatic carbocycles. The third kappa shape index (κ3) is 7.91. The Morgan fingerprint density at radius 3 is 2.40 bits per heavy atom. The molecule has 1 saturated heterocycles. The minimum Gasteiger partial charge on any atom is -0.466 e. The summed E-state index contributed by atoms with van der Waals surface area (Å²) >= 11 is 0. The van der Waals surface area contributed by atoms with Crippen molar-refractivity contribution in [3.63, 3.8) is 0 Å². The van der Waals surface area contributed by atoms with Crippen LogP contribution in [0, 0.1) is 35.0 Å². The maximum Gasteiger partial charge on any atom is 0.303 e. The first kappa shape index (κ1) is 38.6. The largest absolute Gasteiger partial charge is 0.466 e. The molecule has 0 aromatic rings. The third-order valence-electron chi connectivity index (χ3n) is 10.9. The van der Waals surface area contributed by atoms with Gasteiger partial charge in [-0.1, -0.05) is 37.6 Å². The Balaban J connectivity index is 1.79. The van der Waals surface area contributed by atoms with Gasteiger partial charge in [0.25, 0.3) is 0 Å². The summed E-state index contributed by atoms with van der Waals surface area (Å²) in [7, 11) is 1.66. The van der Waals surface area contributed by atoms with E-state index in [4.69, 9.17) is 28.4 Å². The fraction of sp³-hybridized carbons (Fsp3) is 0.778. The van der Waals surface area contributed by atoms with Gasteiger partial charge >= 0.3 is 11.9 Å². The van der Waals surface area contributed by atoms with E-state index in [-0.39, 0.29) is 36.9 Å². The number of aliphatic hydroxyl groups excluding tert-OH is 4. The molecule has 1 saturated carbocycles. The predicted octanol–water partition coefficient (Wildman–Crippen LogP) is 2.46. The van der Waals surface area contributed by atoms with Crippen LogP contribution in [0.25, 0.3) is 0 Å². The molecule has 0 radical (unpaired) electrons. The van der Waals surface area contributed by atoms with Crippen molar-refractivity contribution < 1.29 is 58.4 Å². The van der Waals surface area contributed by atoms with Gasteiger partial charge in [-0.25, -0.2) is 0 Å². The number of fused-ring (bicyclic) bond motifs is 2. The Bertz CT molecular complexity index is 1230. The second-order valence-electron chi connectivity index (χ2n) is 14.8. The van der Waals surface area contributed by atoms with E-state index in [1.807, 2.05) is 26.8 Å². The Morgan fingerprint density at radius 2 is 1.79 bits per heavy atom. The van der Waals surface area contributed by atoms with Gasteiger partial charge in [0.2, 0.25) is 0 Å². The van der Waals surface area contributed by atoms with Crippen LogP contribution in [0.1, 0.15) is 61.3 Å². The Labute approximate surface area is 284 Å². The van der Waals surface area contributed by atoms with Crippen LogP contribution in [0.2, 0.25) is 0 Å². The van der Waals surface area contributed by atoms with Crippen molar-refractivity contribution in [2.45, 2.75) is 116 Å². The predicted molar refractivity (Wildman–Crippen MR) is 174 cm³/mol. The van der Waals surface area contributed by atoms with E-state index in [0.29, 0.717) is 12.2 Å². The zero-order valence-electron chi connectivity index (χ0n) is 29.5. The molecule has 0 unspecified atom stereocenters. The normalized spacial score (nSPS) is 41.5. The average molecular weight is 681 g/mol. The molecular formula is C36H56O12. The molecule has 0 aromatic heterocycles. The summed E-state index contributed by atoms with van der Waals surface area (Å²) < 4.78 is 35.1. The van der Waals surface area contributed by atoms with E-state index in [0.717, 1.165) is 18.4 Å². The molecule has 4 aliphatic rings. The lowest BCUT2D eigenvalue weighted by atomic mass is 9.67.